The highest BCUT2D eigenvalue weighted by atomic mass is 16.5. The number of carbonyl (C=O) groups is 2. The molecule has 4 heteroatoms. The molecule has 0 unspecified atom stereocenters. The zero-order chi connectivity index (χ0) is 17.1. The molecule has 0 amide bonds. The van der Waals surface area contributed by atoms with Gasteiger partial charge in [0.1, 0.15) is 12.2 Å². The Morgan fingerprint density at radius 3 is 1.74 bits per heavy atom. The molecule has 2 rings (SSSR count). The average molecular weight is 322 g/mol. The van der Waals surface area contributed by atoms with Gasteiger partial charge in [0, 0.05) is 6.08 Å². The zero-order valence-electron chi connectivity index (χ0n) is 14.2. The molecule has 2 aliphatic rings. The Balaban J connectivity index is 0.000000816. The van der Waals surface area contributed by atoms with E-state index in [0.717, 1.165) is 63.2 Å². The van der Waals surface area contributed by atoms with Crippen LogP contribution in [0.5, 0.6) is 0 Å². The van der Waals surface area contributed by atoms with E-state index in [1.54, 1.807) is 6.08 Å². The van der Waals surface area contributed by atoms with E-state index in [4.69, 9.17) is 9.47 Å². The molecule has 0 aromatic rings. The maximum Gasteiger partial charge on any atom is 0.330 e. The summed E-state index contributed by atoms with van der Waals surface area (Å²) in [7, 11) is 0. The van der Waals surface area contributed by atoms with Gasteiger partial charge in [-0.2, -0.15) is 0 Å². The number of hydrogen-bond acceptors (Lipinski definition) is 4. The number of allylic oxidation sites excluding steroid dienone is 1. The van der Waals surface area contributed by atoms with Crippen molar-refractivity contribution in [2.45, 2.75) is 70.5 Å². The third-order valence-corrected chi connectivity index (χ3v) is 4.80. The number of rotatable bonds is 5. The van der Waals surface area contributed by atoms with Crippen molar-refractivity contribution in [2.24, 2.45) is 11.8 Å². The van der Waals surface area contributed by atoms with Crippen molar-refractivity contribution in [1.82, 2.24) is 0 Å². The summed E-state index contributed by atoms with van der Waals surface area (Å²) in [5, 5.41) is 0. The summed E-state index contributed by atoms with van der Waals surface area (Å²) >= 11 is 0. The van der Waals surface area contributed by atoms with Crippen LogP contribution in [0.2, 0.25) is 0 Å². The Bertz CT molecular complexity index is 375. The van der Waals surface area contributed by atoms with Gasteiger partial charge in [-0.1, -0.05) is 12.7 Å². The van der Waals surface area contributed by atoms with Crippen LogP contribution in [0, 0.1) is 11.8 Å². The molecule has 23 heavy (non-hydrogen) atoms. The van der Waals surface area contributed by atoms with Gasteiger partial charge in [-0.05, 0) is 70.1 Å². The van der Waals surface area contributed by atoms with E-state index >= 15 is 0 Å². The molecule has 0 bridgehead atoms. The Morgan fingerprint density at radius 2 is 1.35 bits per heavy atom. The topological polar surface area (TPSA) is 52.6 Å². The molecule has 0 atom stereocenters. The number of esters is 1. The van der Waals surface area contributed by atoms with E-state index in [0.29, 0.717) is 6.47 Å². The summed E-state index contributed by atoms with van der Waals surface area (Å²) in [5.41, 5.74) is 0. The van der Waals surface area contributed by atoms with Gasteiger partial charge in [0.2, 0.25) is 0 Å². The number of carbonyl (C=O) groups excluding carboxylic acids is 2. The quantitative estimate of drug-likeness (QED) is 0.329. The fourth-order valence-corrected chi connectivity index (χ4v) is 3.66. The lowest BCUT2D eigenvalue weighted by Gasteiger charge is -2.37. The maximum absolute atomic E-state index is 11.2. The lowest BCUT2D eigenvalue weighted by atomic mass is 9.72. The highest BCUT2D eigenvalue weighted by Gasteiger charge is 2.32. The van der Waals surface area contributed by atoms with Crippen molar-refractivity contribution >= 4 is 12.4 Å². The van der Waals surface area contributed by atoms with Crippen LogP contribution in [0.4, 0.5) is 0 Å². The SMILES string of the molecule is C=CC.C=CC(=O)OC1CCC(C2CCC(OC=O)CC2)CC1. The van der Waals surface area contributed by atoms with Crippen molar-refractivity contribution in [3.05, 3.63) is 25.3 Å². The van der Waals surface area contributed by atoms with Gasteiger partial charge in [-0.25, -0.2) is 4.79 Å². The molecule has 0 aromatic heterocycles. The molecular weight excluding hydrogens is 292 g/mol. The van der Waals surface area contributed by atoms with Crippen LogP contribution < -0.4 is 0 Å². The first-order valence-electron chi connectivity index (χ1n) is 8.63. The predicted octanol–water partition coefficient (Wildman–Crippen LogP) is 4.20. The van der Waals surface area contributed by atoms with Crippen molar-refractivity contribution in [3.8, 4) is 0 Å². The van der Waals surface area contributed by atoms with Crippen molar-refractivity contribution < 1.29 is 19.1 Å². The third-order valence-electron chi connectivity index (χ3n) is 4.80. The van der Waals surface area contributed by atoms with E-state index in [2.05, 4.69) is 13.2 Å². The fourth-order valence-electron chi connectivity index (χ4n) is 3.66. The van der Waals surface area contributed by atoms with Gasteiger partial charge in [0.15, 0.2) is 0 Å². The minimum Gasteiger partial charge on any atom is -0.465 e. The zero-order valence-corrected chi connectivity index (χ0v) is 14.2. The van der Waals surface area contributed by atoms with Gasteiger partial charge >= 0.3 is 5.97 Å². The molecule has 2 saturated carbocycles. The highest BCUT2D eigenvalue weighted by molar-refractivity contribution is 5.81. The molecule has 130 valence electrons. The maximum atomic E-state index is 11.2. The Hall–Kier alpha value is -1.58. The van der Waals surface area contributed by atoms with Crippen molar-refractivity contribution in [1.29, 1.82) is 0 Å². The first kappa shape index (κ1) is 19.5. The first-order valence-corrected chi connectivity index (χ1v) is 8.63. The molecular formula is C19H30O4. The summed E-state index contributed by atoms with van der Waals surface area (Å²) in [4.78, 5) is 21.5. The number of hydrogen-bond donors (Lipinski definition) is 0. The normalized spacial score (nSPS) is 30.1. The lowest BCUT2D eigenvalue weighted by molar-refractivity contribution is -0.145. The van der Waals surface area contributed by atoms with Crippen LogP contribution in [0.1, 0.15) is 58.3 Å². The molecule has 0 saturated heterocycles. The standard InChI is InChI=1S/C16H24O4.C3H6/c1-2-16(18)20-15-9-5-13(6-10-15)12-3-7-14(8-4-12)19-11-17;1-3-2/h2,11-15H,1,3-10H2;3H,1H2,2H3. The Morgan fingerprint density at radius 1 is 0.913 bits per heavy atom. The minimum absolute atomic E-state index is 0.0754. The molecule has 2 aliphatic carbocycles. The summed E-state index contributed by atoms with van der Waals surface area (Å²) in [6, 6.07) is 0. The minimum atomic E-state index is -0.306. The van der Waals surface area contributed by atoms with E-state index in [1.165, 1.54) is 6.08 Å². The second kappa shape index (κ2) is 11.0. The Labute approximate surface area is 139 Å². The van der Waals surface area contributed by atoms with Crippen LogP contribution >= 0.6 is 0 Å². The Kier molecular flexibility index (Phi) is 9.34. The fraction of sp³-hybridized carbons (Fsp3) is 0.684. The van der Waals surface area contributed by atoms with Gasteiger partial charge in [0.25, 0.3) is 6.47 Å². The predicted molar refractivity (Wildman–Crippen MR) is 90.8 cm³/mol. The lowest BCUT2D eigenvalue weighted by Crippen LogP contribution is -2.31. The molecule has 0 aromatic carbocycles. The van der Waals surface area contributed by atoms with Gasteiger partial charge in [-0.3, -0.25) is 4.79 Å². The number of ether oxygens (including phenoxy) is 2. The van der Waals surface area contributed by atoms with E-state index in [1.807, 2.05) is 6.92 Å². The second-order valence-corrected chi connectivity index (χ2v) is 6.36. The molecule has 0 N–H and O–H groups in total. The van der Waals surface area contributed by atoms with Gasteiger partial charge in [0.05, 0.1) is 0 Å². The second-order valence-electron chi connectivity index (χ2n) is 6.36. The van der Waals surface area contributed by atoms with Crippen LogP contribution in [-0.4, -0.2) is 24.6 Å². The largest absolute Gasteiger partial charge is 0.465 e. The summed E-state index contributed by atoms with van der Waals surface area (Å²) in [5.74, 6) is 1.18. The smallest absolute Gasteiger partial charge is 0.330 e. The van der Waals surface area contributed by atoms with Crippen LogP contribution in [0.3, 0.4) is 0 Å². The summed E-state index contributed by atoms with van der Waals surface area (Å²) < 4.78 is 10.4. The summed E-state index contributed by atoms with van der Waals surface area (Å²) in [6.45, 7) is 9.25. The summed E-state index contributed by atoms with van der Waals surface area (Å²) in [6.07, 6.45) is 11.7. The molecule has 0 heterocycles. The van der Waals surface area contributed by atoms with Crippen molar-refractivity contribution in [2.75, 3.05) is 0 Å². The van der Waals surface area contributed by atoms with Crippen LogP contribution in [-0.2, 0) is 19.1 Å². The monoisotopic (exact) mass is 322 g/mol. The third kappa shape index (κ3) is 7.02. The van der Waals surface area contributed by atoms with Crippen LogP contribution in [0.15, 0.2) is 25.3 Å². The molecule has 2 fully saturated rings. The first-order chi connectivity index (χ1) is 11.1. The van der Waals surface area contributed by atoms with E-state index in [-0.39, 0.29) is 18.2 Å². The highest BCUT2D eigenvalue weighted by Crippen LogP contribution is 2.39. The van der Waals surface area contributed by atoms with Crippen LogP contribution in [0.25, 0.3) is 0 Å². The molecule has 4 nitrogen and oxygen atoms in total. The van der Waals surface area contributed by atoms with Gasteiger partial charge in [-0.15, -0.1) is 6.58 Å². The molecule has 0 aliphatic heterocycles. The molecule has 0 spiro atoms. The average Bonchev–Trinajstić information content (AvgIpc) is 2.57. The van der Waals surface area contributed by atoms with Crippen molar-refractivity contribution in [3.63, 3.8) is 0 Å². The molecule has 0 radical (unpaired) electrons. The van der Waals surface area contributed by atoms with E-state index < -0.39 is 0 Å². The van der Waals surface area contributed by atoms with E-state index in [9.17, 15) is 9.59 Å². The van der Waals surface area contributed by atoms with Gasteiger partial charge < -0.3 is 9.47 Å².